The summed E-state index contributed by atoms with van der Waals surface area (Å²) in [5, 5.41) is 3.49. The molecule has 0 N–H and O–H groups in total. The number of alkyl halides is 6. The van der Waals surface area contributed by atoms with E-state index in [2.05, 4.69) is 21.0 Å². The molecule has 26 heavy (non-hydrogen) atoms. The average Bonchev–Trinajstić information content (AvgIpc) is 3.00. The summed E-state index contributed by atoms with van der Waals surface area (Å²) in [6.45, 7) is 0. The number of rotatable bonds is 2. The van der Waals surface area contributed by atoms with Gasteiger partial charge in [-0.1, -0.05) is 34.1 Å². The van der Waals surface area contributed by atoms with Gasteiger partial charge in [-0.15, -0.1) is 0 Å². The monoisotopic (exact) mass is 434 g/mol. The third-order valence-corrected chi connectivity index (χ3v) is 4.11. The van der Waals surface area contributed by atoms with Crippen LogP contribution in [-0.4, -0.2) is 9.78 Å². The minimum atomic E-state index is -4.79. The molecule has 3 aromatic rings. The molecule has 2 nitrogen and oxygen atoms in total. The molecule has 0 aliphatic carbocycles. The normalized spacial score (nSPS) is 12.4. The van der Waals surface area contributed by atoms with Crippen LogP contribution >= 0.6 is 15.9 Å². The first-order chi connectivity index (χ1) is 12.1. The summed E-state index contributed by atoms with van der Waals surface area (Å²) in [5.41, 5.74) is -2.78. The molecule has 1 heterocycles. The second-order valence-electron chi connectivity index (χ2n) is 5.34. The summed E-state index contributed by atoms with van der Waals surface area (Å²) in [7, 11) is 0. The fourth-order valence-corrected chi connectivity index (χ4v) is 2.71. The topological polar surface area (TPSA) is 17.8 Å². The molecule has 1 aromatic heterocycles. The number of hydrogen-bond acceptors (Lipinski definition) is 1. The van der Waals surface area contributed by atoms with Gasteiger partial charge in [-0.3, -0.25) is 0 Å². The Balaban J connectivity index is 2.28. The Morgan fingerprint density at radius 1 is 0.808 bits per heavy atom. The van der Waals surface area contributed by atoms with E-state index in [0.29, 0.717) is 10.5 Å². The van der Waals surface area contributed by atoms with Gasteiger partial charge in [-0.05, 0) is 36.4 Å². The smallest absolute Gasteiger partial charge is 0.232 e. The molecule has 0 saturated carbocycles. The molecule has 0 aliphatic rings. The number of halogens is 7. The highest BCUT2D eigenvalue weighted by molar-refractivity contribution is 9.10. The van der Waals surface area contributed by atoms with E-state index in [1.807, 2.05) is 0 Å². The van der Waals surface area contributed by atoms with Crippen molar-refractivity contribution in [1.82, 2.24) is 9.78 Å². The molecule has 3 rings (SSSR count). The summed E-state index contributed by atoms with van der Waals surface area (Å²) in [5.74, 6) is 0. The van der Waals surface area contributed by atoms with Crippen molar-refractivity contribution in [3.8, 4) is 16.9 Å². The van der Waals surface area contributed by atoms with E-state index < -0.39 is 23.6 Å². The molecular weight excluding hydrogens is 426 g/mol. The third kappa shape index (κ3) is 3.62. The molecule has 0 atom stereocenters. The van der Waals surface area contributed by atoms with Crippen LogP contribution in [0.5, 0.6) is 0 Å². The SMILES string of the molecule is FC(F)(F)c1cc(-c2ccccc2C(F)(F)F)n(-c2ccc(Br)cc2)n1. The van der Waals surface area contributed by atoms with Crippen LogP contribution in [0.4, 0.5) is 26.3 Å². The molecule has 2 aromatic carbocycles. The van der Waals surface area contributed by atoms with Gasteiger partial charge >= 0.3 is 12.4 Å². The zero-order valence-electron chi connectivity index (χ0n) is 12.7. The van der Waals surface area contributed by atoms with E-state index in [1.165, 1.54) is 24.3 Å². The fourth-order valence-electron chi connectivity index (χ4n) is 2.44. The summed E-state index contributed by atoms with van der Waals surface area (Å²) in [6.07, 6.45) is -9.51. The van der Waals surface area contributed by atoms with Crippen molar-refractivity contribution in [1.29, 1.82) is 0 Å². The Bertz CT molecular complexity index is 926. The van der Waals surface area contributed by atoms with Gasteiger partial charge in [-0.2, -0.15) is 31.4 Å². The summed E-state index contributed by atoms with van der Waals surface area (Å²) in [4.78, 5) is 0. The van der Waals surface area contributed by atoms with Crippen LogP contribution in [0.2, 0.25) is 0 Å². The lowest BCUT2D eigenvalue weighted by atomic mass is 10.0. The Morgan fingerprint density at radius 2 is 1.42 bits per heavy atom. The second-order valence-corrected chi connectivity index (χ2v) is 6.26. The highest BCUT2D eigenvalue weighted by atomic mass is 79.9. The van der Waals surface area contributed by atoms with Crippen LogP contribution in [-0.2, 0) is 12.4 Å². The lowest BCUT2D eigenvalue weighted by molar-refractivity contribution is -0.141. The highest BCUT2D eigenvalue weighted by Gasteiger charge is 2.38. The quantitative estimate of drug-likeness (QED) is 0.430. The standard InChI is InChI=1S/C17H9BrF6N2/c18-10-5-7-11(8-6-10)26-14(9-15(25-26)17(22,23)24)12-3-1-2-4-13(12)16(19,20)21/h1-9H. The van der Waals surface area contributed by atoms with Gasteiger partial charge in [0.05, 0.1) is 16.9 Å². The maximum atomic E-state index is 13.3. The lowest BCUT2D eigenvalue weighted by Gasteiger charge is -2.14. The van der Waals surface area contributed by atoms with Crippen LogP contribution < -0.4 is 0 Å². The Morgan fingerprint density at radius 3 is 2.00 bits per heavy atom. The number of benzene rings is 2. The van der Waals surface area contributed by atoms with Crippen molar-refractivity contribution >= 4 is 15.9 Å². The first-order valence-corrected chi connectivity index (χ1v) is 7.96. The second kappa shape index (κ2) is 6.46. The number of aromatic nitrogens is 2. The molecule has 0 aliphatic heterocycles. The van der Waals surface area contributed by atoms with Crippen LogP contribution in [0, 0.1) is 0 Å². The van der Waals surface area contributed by atoms with Crippen LogP contribution in [0.1, 0.15) is 11.3 Å². The molecule has 0 amide bonds. The zero-order valence-corrected chi connectivity index (χ0v) is 14.3. The van der Waals surface area contributed by atoms with Crippen molar-refractivity contribution in [2.24, 2.45) is 0 Å². The van der Waals surface area contributed by atoms with Crippen molar-refractivity contribution in [2.75, 3.05) is 0 Å². The van der Waals surface area contributed by atoms with E-state index in [4.69, 9.17) is 0 Å². The van der Waals surface area contributed by atoms with Gasteiger partial charge < -0.3 is 0 Å². The van der Waals surface area contributed by atoms with E-state index in [9.17, 15) is 26.3 Å². The predicted octanol–water partition coefficient (Wildman–Crippen LogP) is 6.34. The number of nitrogens with zero attached hydrogens (tertiary/aromatic N) is 2. The molecular formula is C17H9BrF6N2. The van der Waals surface area contributed by atoms with Crippen molar-refractivity contribution in [3.63, 3.8) is 0 Å². The number of hydrogen-bond donors (Lipinski definition) is 0. The predicted molar refractivity (Wildman–Crippen MR) is 86.7 cm³/mol. The fraction of sp³-hybridized carbons (Fsp3) is 0.118. The minimum Gasteiger partial charge on any atom is -0.232 e. The van der Waals surface area contributed by atoms with Gasteiger partial charge in [-0.25, -0.2) is 4.68 Å². The third-order valence-electron chi connectivity index (χ3n) is 3.58. The first-order valence-electron chi connectivity index (χ1n) is 7.17. The van der Waals surface area contributed by atoms with Gasteiger partial charge in [0, 0.05) is 10.0 Å². The molecule has 0 unspecified atom stereocenters. The first kappa shape index (κ1) is 18.5. The van der Waals surface area contributed by atoms with Gasteiger partial charge in [0.2, 0.25) is 0 Å². The Labute approximate surface area is 152 Å². The van der Waals surface area contributed by atoms with E-state index >= 15 is 0 Å². The maximum absolute atomic E-state index is 13.3. The van der Waals surface area contributed by atoms with Crippen LogP contribution in [0.25, 0.3) is 16.9 Å². The zero-order chi connectivity index (χ0) is 19.1. The highest BCUT2D eigenvalue weighted by Crippen LogP contribution is 2.39. The molecule has 136 valence electrons. The van der Waals surface area contributed by atoms with E-state index in [1.54, 1.807) is 12.1 Å². The van der Waals surface area contributed by atoms with Gasteiger partial charge in [0.15, 0.2) is 5.69 Å². The summed E-state index contributed by atoms with van der Waals surface area (Å²) in [6, 6.07) is 11.1. The molecule has 0 spiro atoms. The summed E-state index contributed by atoms with van der Waals surface area (Å²) < 4.78 is 80.8. The van der Waals surface area contributed by atoms with Crippen LogP contribution in [0.15, 0.2) is 59.1 Å². The summed E-state index contributed by atoms with van der Waals surface area (Å²) >= 11 is 3.20. The van der Waals surface area contributed by atoms with Crippen LogP contribution in [0.3, 0.4) is 0 Å². The van der Waals surface area contributed by atoms with Crippen molar-refractivity contribution in [3.05, 3.63) is 70.3 Å². The average molecular weight is 435 g/mol. The maximum Gasteiger partial charge on any atom is 0.435 e. The van der Waals surface area contributed by atoms with Crippen molar-refractivity contribution in [2.45, 2.75) is 12.4 Å². The van der Waals surface area contributed by atoms with E-state index in [-0.39, 0.29) is 16.9 Å². The largest absolute Gasteiger partial charge is 0.435 e. The lowest BCUT2D eigenvalue weighted by Crippen LogP contribution is -2.09. The van der Waals surface area contributed by atoms with Gasteiger partial charge in [0.1, 0.15) is 0 Å². The molecule has 0 saturated heterocycles. The molecule has 9 heteroatoms. The van der Waals surface area contributed by atoms with Crippen molar-refractivity contribution < 1.29 is 26.3 Å². The molecule has 0 radical (unpaired) electrons. The molecule has 0 fully saturated rings. The van der Waals surface area contributed by atoms with E-state index in [0.717, 1.165) is 16.8 Å². The minimum absolute atomic E-state index is 0.204. The van der Waals surface area contributed by atoms with Gasteiger partial charge in [0.25, 0.3) is 0 Å². The molecule has 0 bridgehead atoms. The Hall–Kier alpha value is -2.29. The Kier molecular flexibility index (Phi) is 4.60.